The van der Waals surface area contributed by atoms with Gasteiger partial charge in [-0.1, -0.05) is 15.9 Å². The molecule has 0 saturated heterocycles. The van der Waals surface area contributed by atoms with Crippen molar-refractivity contribution in [3.63, 3.8) is 0 Å². The first-order chi connectivity index (χ1) is 17.0. The number of nitro benzene ring substituents is 1. The third kappa shape index (κ3) is 5.70. The fraction of sp³-hybridized carbons (Fsp3) is 0. The van der Waals surface area contributed by atoms with Gasteiger partial charge in [0.2, 0.25) is 0 Å². The number of carbonyl (C=O) groups is 1. The number of hydrogen-bond acceptors (Lipinski definition) is 9. The highest BCUT2D eigenvalue weighted by atomic mass is 79.9. The summed E-state index contributed by atoms with van der Waals surface area (Å²) in [7, 11) is -5.29. The average molecular weight is 916 g/mol. The zero-order valence-corrected chi connectivity index (χ0v) is 27.4. The minimum atomic E-state index is -5.29. The molecular weight excluding hydrogens is 912 g/mol. The van der Waals surface area contributed by atoms with Crippen LogP contribution in [-0.4, -0.2) is 28.6 Å². The minimum Gasteiger partial charge on any atom is -0.867 e. The van der Waals surface area contributed by atoms with Crippen molar-refractivity contribution in [3.05, 3.63) is 93.8 Å². The lowest BCUT2D eigenvalue weighted by atomic mass is 9.90. The number of allylic oxidation sites excluding steroid dienone is 4. The minimum absolute atomic E-state index is 0.0399. The largest absolute Gasteiger partial charge is 0.867 e. The van der Waals surface area contributed by atoms with E-state index in [4.69, 9.17) is 0 Å². The van der Waals surface area contributed by atoms with Gasteiger partial charge < -0.3 is 9.66 Å². The first-order valence-electron chi connectivity index (χ1n) is 8.98. The Labute approximate surface area is 257 Å². The summed E-state index contributed by atoms with van der Waals surface area (Å²) in [5, 5.41) is 35.5. The lowest BCUT2D eigenvalue weighted by molar-refractivity contribution is -0.418. The molecule has 11 nitrogen and oxygen atoms in total. The maximum atomic E-state index is 12.5. The second-order valence-corrected chi connectivity index (χ2v) is 13.1. The van der Waals surface area contributed by atoms with Gasteiger partial charge in [0.05, 0.1) is 23.7 Å². The maximum Gasteiger partial charge on any atom is 0.318 e. The molecule has 18 heteroatoms. The lowest BCUT2D eigenvalue weighted by Gasteiger charge is -2.24. The van der Waals surface area contributed by atoms with Crippen LogP contribution in [0.1, 0.15) is 11.1 Å². The Kier molecular flexibility index (Phi) is 9.05. The molecule has 0 fully saturated rings. The molecule has 1 aliphatic carbocycles. The zero-order valence-electron chi connectivity index (χ0n) is 17.1. The van der Waals surface area contributed by atoms with Crippen LogP contribution in [-0.2, 0) is 14.9 Å². The van der Waals surface area contributed by atoms with E-state index in [-0.39, 0.29) is 49.1 Å². The highest BCUT2D eigenvalue weighted by Crippen LogP contribution is 2.50. The Morgan fingerprint density at radius 1 is 0.838 bits per heavy atom. The van der Waals surface area contributed by atoms with Crippen molar-refractivity contribution in [1.82, 2.24) is 0 Å². The van der Waals surface area contributed by atoms with Crippen molar-refractivity contribution in [2.75, 3.05) is 0 Å². The fourth-order valence-corrected chi connectivity index (χ4v) is 8.09. The number of nitrogens with zero attached hydrogens (tertiary/aromatic N) is 2. The quantitative estimate of drug-likeness (QED) is 0.111. The lowest BCUT2D eigenvalue weighted by Crippen LogP contribution is -2.16. The molecule has 0 spiro atoms. The summed E-state index contributed by atoms with van der Waals surface area (Å²) in [6.07, 6.45) is 1.94. The van der Waals surface area contributed by atoms with Crippen molar-refractivity contribution in [2.24, 2.45) is 0 Å². The molecule has 0 radical (unpaired) electrons. The summed E-state index contributed by atoms with van der Waals surface area (Å²) >= 11 is 18.6. The first kappa shape index (κ1) is 30.3. The molecule has 0 aromatic heterocycles. The predicted molar refractivity (Wildman–Crippen MR) is 149 cm³/mol. The molecule has 0 atom stereocenters. The molecular formula is C19H4Br6N2O9S-2. The van der Waals surface area contributed by atoms with Crippen molar-refractivity contribution < 1.29 is 32.7 Å². The number of benzene rings is 2. The molecule has 0 unspecified atom stereocenters. The standard InChI is InChI=1S/C19H6Br6N2O9S/c20-7-1-5(3-9(17(7)28)26(30)31)11(6-2-8(21)18(29)10(4-6)27(32)33)12-13(22)14(23)15(24)16(25)19(12)37(34,35)36/h1-4,28H,(H,34,35,36)/p-2/b11-6+. The molecule has 194 valence electrons. The van der Waals surface area contributed by atoms with Crippen molar-refractivity contribution >= 4 is 123 Å². The first-order valence-corrected chi connectivity index (χ1v) is 15.1. The van der Waals surface area contributed by atoms with E-state index >= 15 is 0 Å². The zero-order chi connectivity index (χ0) is 28.1. The Morgan fingerprint density at radius 2 is 1.41 bits per heavy atom. The van der Waals surface area contributed by atoms with Crippen LogP contribution in [0.15, 0.2) is 67.3 Å². The van der Waals surface area contributed by atoms with Gasteiger partial charge in [0, 0.05) is 35.6 Å². The number of nitro groups is 2. The summed E-state index contributed by atoms with van der Waals surface area (Å²) in [4.78, 5) is 32.7. The Balaban J connectivity index is 2.72. The van der Waals surface area contributed by atoms with Crippen LogP contribution in [0, 0.1) is 20.2 Å². The van der Waals surface area contributed by atoms with E-state index in [1.807, 2.05) is 0 Å². The predicted octanol–water partition coefficient (Wildman–Crippen LogP) is 6.21. The van der Waals surface area contributed by atoms with Gasteiger partial charge in [0.15, 0.2) is 0 Å². The van der Waals surface area contributed by atoms with E-state index in [0.29, 0.717) is 0 Å². The topological polar surface area (TPSA) is 184 Å². The molecule has 0 amide bonds. The normalized spacial score (nSPS) is 15.3. The molecule has 0 heterocycles. The Hall–Kier alpha value is -1.28. The number of carbonyl (C=O) groups excluding carboxylic acids is 1. The van der Waals surface area contributed by atoms with Crippen molar-refractivity contribution in [1.29, 1.82) is 0 Å². The summed E-state index contributed by atoms with van der Waals surface area (Å²) in [5.74, 6) is -1.99. The van der Waals surface area contributed by atoms with E-state index in [1.165, 1.54) is 0 Å². The second kappa shape index (κ2) is 11.1. The maximum absolute atomic E-state index is 12.5. The number of Topliss-reactive ketones (excluding diaryl/α,β-unsaturated/α-hetero) is 1. The van der Waals surface area contributed by atoms with Crippen LogP contribution >= 0.6 is 95.6 Å². The summed E-state index contributed by atoms with van der Waals surface area (Å²) in [5.41, 5.74) is -2.79. The SMILES string of the molecule is O=C1C(Br)=C/C(=C(/c2cc(Br)c([O-])c([N+](=O)[O-])c2)c2c(Br)c(Br)c(Br)c(Br)c2S(=O)(=O)[O-])C=C1[N+](=O)[O-]. The Bertz CT molecular complexity index is 1650. The van der Waals surface area contributed by atoms with Crippen LogP contribution in [0.25, 0.3) is 5.57 Å². The van der Waals surface area contributed by atoms with Gasteiger partial charge in [-0.25, -0.2) is 8.42 Å². The molecule has 3 rings (SSSR count). The van der Waals surface area contributed by atoms with E-state index in [9.17, 15) is 43.1 Å². The van der Waals surface area contributed by atoms with E-state index in [0.717, 1.165) is 24.3 Å². The third-order valence-electron chi connectivity index (χ3n) is 4.74. The van der Waals surface area contributed by atoms with Crippen LogP contribution < -0.4 is 5.11 Å². The molecule has 0 bridgehead atoms. The molecule has 0 saturated carbocycles. The van der Waals surface area contributed by atoms with Crippen molar-refractivity contribution in [3.8, 4) is 5.75 Å². The van der Waals surface area contributed by atoms with Gasteiger partial charge in [0.25, 0.3) is 11.5 Å². The van der Waals surface area contributed by atoms with E-state index in [2.05, 4.69) is 95.6 Å². The molecule has 2 aromatic carbocycles. The molecule has 2 aromatic rings. The number of halogens is 6. The second-order valence-electron chi connectivity index (χ2n) is 6.92. The highest BCUT2D eigenvalue weighted by molar-refractivity contribution is 9.15. The third-order valence-corrected chi connectivity index (χ3v) is 11.9. The summed E-state index contributed by atoms with van der Waals surface area (Å²) < 4.78 is 36.8. The molecule has 0 aliphatic heterocycles. The van der Waals surface area contributed by atoms with Gasteiger partial charge >= 0.3 is 5.70 Å². The van der Waals surface area contributed by atoms with Gasteiger partial charge in [-0.2, -0.15) is 0 Å². The molecule has 0 N–H and O–H groups in total. The van der Waals surface area contributed by atoms with Crippen LogP contribution in [0.2, 0.25) is 0 Å². The number of rotatable bonds is 5. The van der Waals surface area contributed by atoms with Crippen LogP contribution in [0.3, 0.4) is 0 Å². The fourth-order valence-electron chi connectivity index (χ4n) is 3.24. The van der Waals surface area contributed by atoms with E-state index < -0.39 is 47.8 Å². The van der Waals surface area contributed by atoms with Gasteiger partial charge in [0.1, 0.15) is 10.1 Å². The number of hydrogen-bond donors (Lipinski definition) is 0. The highest BCUT2D eigenvalue weighted by Gasteiger charge is 2.33. The summed E-state index contributed by atoms with van der Waals surface area (Å²) in [6.45, 7) is 0. The van der Waals surface area contributed by atoms with E-state index in [1.54, 1.807) is 0 Å². The van der Waals surface area contributed by atoms with Crippen LogP contribution in [0.5, 0.6) is 5.75 Å². The van der Waals surface area contributed by atoms with Crippen molar-refractivity contribution in [2.45, 2.75) is 4.90 Å². The molecule has 37 heavy (non-hydrogen) atoms. The summed E-state index contributed by atoms with van der Waals surface area (Å²) in [6, 6.07) is 1.94. The monoisotopic (exact) mass is 909 g/mol. The Morgan fingerprint density at radius 3 is 1.92 bits per heavy atom. The average Bonchev–Trinajstić information content (AvgIpc) is 2.78. The van der Waals surface area contributed by atoms with Crippen LogP contribution in [0.4, 0.5) is 5.69 Å². The molecule has 1 aliphatic rings. The van der Waals surface area contributed by atoms with Gasteiger partial charge in [-0.15, -0.1) is 0 Å². The smallest absolute Gasteiger partial charge is 0.318 e. The van der Waals surface area contributed by atoms with Gasteiger partial charge in [-0.05, 0) is 114 Å². The van der Waals surface area contributed by atoms with Gasteiger partial charge in [-0.3, -0.25) is 25.0 Å². The number of ketones is 1.